The first-order chi connectivity index (χ1) is 15.6. The molecule has 0 heterocycles. The lowest BCUT2D eigenvalue weighted by Gasteiger charge is -2.64. The van der Waals surface area contributed by atoms with E-state index in [9.17, 15) is 10.2 Å². The van der Waals surface area contributed by atoms with Gasteiger partial charge in [0.15, 0.2) is 0 Å². The highest BCUT2D eigenvalue weighted by Crippen LogP contribution is 2.73. The Morgan fingerprint density at radius 1 is 1.12 bits per heavy atom. The van der Waals surface area contributed by atoms with Gasteiger partial charge in [-0.05, 0) is 104 Å². The molecule has 9 atom stereocenters. The zero-order valence-corrected chi connectivity index (χ0v) is 22.9. The molecule has 3 fully saturated rings. The van der Waals surface area contributed by atoms with Gasteiger partial charge in [-0.25, -0.2) is 4.89 Å². The van der Waals surface area contributed by atoms with E-state index in [-0.39, 0.29) is 39.8 Å². The highest BCUT2D eigenvalue weighted by atomic mass is 17.1. The van der Waals surface area contributed by atoms with Gasteiger partial charge in [0.25, 0.3) is 0 Å². The van der Waals surface area contributed by atoms with E-state index >= 15 is 0 Å². The molecule has 0 spiro atoms. The van der Waals surface area contributed by atoms with Gasteiger partial charge in [0, 0.05) is 0 Å². The van der Waals surface area contributed by atoms with Gasteiger partial charge in [-0.15, -0.1) is 0 Å². The van der Waals surface area contributed by atoms with E-state index in [1.807, 2.05) is 19.9 Å². The van der Waals surface area contributed by atoms with Crippen molar-refractivity contribution in [1.82, 2.24) is 0 Å². The molecule has 4 nitrogen and oxygen atoms in total. The molecule has 0 bridgehead atoms. The molecule has 4 rings (SSSR count). The second-order valence-electron chi connectivity index (χ2n) is 14.3. The van der Waals surface area contributed by atoms with Crippen molar-refractivity contribution in [2.24, 2.45) is 45.3 Å². The smallest absolute Gasteiger partial charge is 0.116 e. The Bertz CT molecular complexity index is 843. The molecule has 3 saturated carbocycles. The van der Waals surface area contributed by atoms with Crippen LogP contribution in [-0.4, -0.2) is 33.3 Å². The molecular weight excluding hydrogens is 424 g/mol. The van der Waals surface area contributed by atoms with Crippen LogP contribution < -0.4 is 0 Å². The van der Waals surface area contributed by atoms with E-state index in [0.717, 1.165) is 38.5 Å². The van der Waals surface area contributed by atoms with E-state index in [1.165, 1.54) is 6.42 Å². The van der Waals surface area contributed by atoms with E-state index in [0.29, 0.717) is 17.8 Å². The number of aliphatic hydroxyl groups is 2. The molecule has 0 aromatic heterocycles. The average molecular weight is 475 g/mol. The van der Waals surface area contributed by atoms with Crippen molar-refractivity contribution in [1.29, 1.82) is 0 Å². The Morgan fingerprint density at radius 3 is 2.44 bits per heavy atom. The van der Waals surface area contributed by atoms with E-state index in [2.05, 4.69) is 58.6 Å². The number of hydrogen-bond acceptors (Lipinski definition) is 4. The van der Waals surface area contributed by atoms with Gasteiger partial charge in [0.05, 0.1) is 12.2 Å². The maximum atomic E-state index is 11.5. The molecule has 4 heteroatoms. The molecule has 34 heavy (non-hydrogen) atoms. The molecule has 4 aliphatic carbocycles. The lowest BCUT2D eigenvalue weighted by atomic mass is 9.41. The molecule has 0 aromatic carbocycles. The monoisotopic (exact) mass is 474 g/mol. The molecule has 3 N–H and O–H groups in total. The Morgan fingerprint density at radius 2 is 1.79 bits per heavy atom. The fourth-order valence-electron chi connectivity index (χ4n) is 9.56. The Balaban J connectivity index is 1.64. The Hall–Kier alpha value is -0.680. The maximum absolute atomic E-state index is 11.5. The van der Waals surface area contributed by atoms with Gasteiger partial charge in [0.1, 0.15) is 5.60 Å². The first-order valence-electron chi connectivity index (χ1n) is 13.7. The molecular formula is C30H50O4. The van der Waals surface area contributed by atoms with Crippen LogP contribution in [0.4, 0.5) is 0 Å². The highest BCUT2D eigenvalue weighted by Gasteiger charge is 2.67. The zero-order valence-electron chi connectivity index (χ0n) is 22.9. The summed E-state index contributed by atoms with van der Waals surface area (Å²) < 4.78 is 0. The molecule has 0 radical (unpaired) electrons. The van der Waals surface area contributed by atoms with Crippen molar-refractivity contribution in [2.75, 3.05) is 0 Å². The predicted octanol–water partition coefficient (Wildman–Crippen LogP) is 6.77. The first-order valence-corrected chi connectivity index (χ1v) is 13.7. The minimum Gasteiger partial charge on any atom is -0.393 e. The van der Waals surface area contributed by atoms with Gasteiger partial charge >= 0.3 is 0 Å². The Kier molecular flexibility index (Phi) is 6.54. The van der Waals surface area contributed by atoms with Crippen LogP contribution in [0.5, 0.6) is 0 Å². The SMILES string of the molecule is C[C@H](C/C=C/C(C)(C)OO)[C@@H]1[C@@H](O)C[C@]2(C)C3=CC[C@H]4C(C)(C)[C@@H](O)CCC4(C)[C@H]3CC[C@@]12C. The van der Waals surface area contributed by atoms with Crippen LogP contribution in [0.25, 0.3) is 0 Å². The Labute approximate surface area is 207 Å². The third-order valence-electron chi connectivity index (χ3n) is 11.7. The quantitative estimate of drug-likeness (QED) is 0.233. The minimum atomic E-state index is -0.690. The molecule has 4 aliphatic rings. The van der Waals surface area contributed by atoms with Gasteiger partial charge in [-0.2, -0.15) is 0 Å². The van der Waals surface area contributed by atoms with Crippen molar-refractivity contribution < 1.29 is 20.4 Å². The van der Waals surface area contributed by atoms with Crippen molar-refractivity contribution in [3.05, 3.63) is 23.8 Å². The van der Waals surface area contributed by atoms with Gasteiger partial charge < -0.3 is 10.2 Å². The second kappa shape index (κ2) is 8.43. The topological polar surface area (TPSA) is 69.9 Å². The maximum Gasteiger partial charge on any atom is 0.116 e. The van der Waals surface area contributed by atoms with Crippen LogP contribution in [-0.2, 0) is 4.89 Å². The first kappa shape index (κ1) is 26.4. The van der Waals surface area contributed by atoms with Crippen molar-refractivity contribution in [3.8, 4) is 0 Å². The third-order valence-corrected chi connectivity index (χ3v) is 11.7. The fraction of sp³-hybridized carbons (Fsp3) is 0.867. The van der Waals surface area contributed by atoms with E-state index in [1.54, 1.807) is 5.57 Å². The summed E-state index contributed by atoms with van der Waals surface area (Å²) in [7, 11) is 0. The van der Waals surface area contributed by atoms with Crippen LogP contribution in [0, 0.1) is 45.3 Å². The summed E-state index contributed by atoms with van der Waals surface area (Å²) >= 11 is 0. The largest absolute Gasteiger partial charge is 0.393 e. The molecule has 0 amide bonds. The summed E-state index contributed by atoms with van der Waals surface area (Å²) in [5.74, 6) is 1.66. The lowest BCUT2D eigenvalue weighted by Crippen LogP contribution is -2.58. The van der Waals surface area contributed by atoms with Crippen LogP contribution >= 0.6 is 0 Å². The van der Waals surface area contributed by atoms with Gasteiger partial charge in [0.2, 0.25) is 0 Å². The average Bonchev–Trinajstić information content (AvgIpc) is 2.96. The van der Waals surface area contributed by atoms with E-state index < -0.39 is 5.60 Å². The lowest BCUT2D eigenvalue weighted by molar-refractivity contribution is -0.297. The molecule has 0 aliphatic heterocycles. The van der Waals surface area contributed by atoms with Crippen molar-refractivity contribution in [2.45, 2.75) is 118 Å². The standard InChI is InChI=1S/C30H50O4/c1-19(10-9-15-26(2,3)34-33)25-22(31)18-30(8)21-11-12-23-27(4,5)24(32)14-16-28(23,6)20(21)13-17-29(25,30)7/h9,11,15,19-20,22-25,31-33H,10,12-14,16-18H2,1-8H3/b15-9+/t19-,20+,22+,23+,24+,25-,28?,29+,30-/m1/s1. The number of hydrogen-bond donors (Lipinski definition) is 3. The predicted molar refractivity (Wildman–Crippen MR) is 137 cm³/mol. The second-order valence-corrected chi connectivity index (χ2v) is 14.3. The van der Waals surface area contributed by atoms with Gasteiger partial charge in [-0.3, -0.25) is 5.26 Å². The van der Waals surface area contributed by atoms with E-state index in [4.69, 9.17) is 5.26 Å². The van der Waals surface area contributed by atoms with Crippen molar-refractivity contribution in [3.63, 3.8) is 0 Å². The number of fused-ring (bicyclic) bond motifs is 5. The molecule has 194 valence electrons. The summed E-state index contributed by atoms with van der Waals surface area (Å²) in [4.78, 5) is 4.56. The summed E-state index contributed by atoms with van der Waals surface area (Å²) in [6, 6.07) is 0. The fourth-order valence-corrected chi connectivity index (χ4v) is 9.56. The van der Waals surface area contributed by atoms with Crippen LogP contribution in [0.3, 0.4) is 0 Å². The van der Waals surface area contributed by atoms with Gasteiger partial charge in [-0.1, -0.05) is 65.3 Å². The summed E-state index contributed by atoms with van der Waals surface area (Å²) in [5.41, 5.74) is 1.18. The summed E-state index contributed by atoms with van der Waals surface area (Å²) in [5, 5.41) is 31.4. The number of rotatable bonds is 5. The summed E-state index contributed by atoms with van der Waals surface area (Å²) in [6.45, 7) is 17.9. The van der Waals surface area contributed by atoms with Crippen LogP contribution in [0.2, 0.25) is 0 Å². The number of allylic oxidation sites excluding steroid dienone is 3. The third kappa shape index (κ3) is 3.69. The highest BCUT2D eigenvalue weighted by molar-refractivity contribution is 5.34. The normalized spacial score (nSPS) is 47.0. The van der Waals surface area contributed by atoms with Crippen molar-refractivity contribution >= 4 is 0 Å². The summed E-state index contributed by atoms with van der Waals surface area (Å²) in [6.07, 6.45) is 13.2. The molecule has 0 saturated heterocycles. The zero-order chi connectivity index (χ0) is 25.3. The molecule has 0 aromatic rings. The van der Waals surface area contributed by atoms with Crippen LogP contribution in [0.1, 0.15) is 100 Å². The molecule has 1 unspecified atom stereocenters. The minimum absolute atomic E-state index is 0.0135. The van der Waals surface area contributed by atoms with Crippen LogP contribution in [0.15, 0.2) is 23.8 Å². The number of aliphatic hydroxyl groups excluding tert-OH is 2.